The van der Waals surface area contributed by atoms with Crippen LogP contribution in [0.15, 0.2) is 17.0 Å². The van der Waals surface area contributed by atoms with E-state index in [9.17, 15) is 8.42 Å². The Labute approximate surface area is 94.4 Å². The van der Waals surface area contributed by atoms with Gasteiger partial charge in [-0.3, -0.25) is 0 Å². The van der Waals surface area contributed by atoms with E-state index in [0.717, 1.165) is 24.2 Å². The number of halogens is 1. The molecule has 0 bridgehead atoms. The van der Waals surface area contributed by atoms with Gasteiger partial charge in [0, 0.05) is 13.1 Å². The van der Waals surface area contributed by atoms with E-state index in [1.165, 1.54) is 0 Å². The number of rotatable bonds is 2. The molecule has 1 aliphatic rings. The van der Waals surface area contributed by atoms with Crippen molar-refractivity contribution in [2.75, 3.05) is 5.75 Å². The van der Waals surface area contributed by atoms with Crippen molar-refractivity contribution in [1.29, 1.82) is 0 Å². The van der Waals surface area contributed by atoms with Gasteiger partial charge >= 0.3 is 0 Å². The highest BCUT2D eigenvalue weighted by Crippen LogP contribution is 2.28. The molecule has 0 saturated heterocycles. The van der Waals surface area contributed by atoms with Gasteiger partial charge in [-0.25, -0.2) is 8.42 Å². The molecule has 1 aliphatic heterocycles. The molecule has 0 saturated carbocycles. The molecule has 1 aromatic carbocycles. The molecule has 82 valence electrons. The zero-order valence-electron chi connectivity index (χ0n) is 8.38. The third kappa shape index (κ3) is 1.89. The second-order valence-electron chi connectivity index (χ2n) is 3.56. The minimum atomic E-state index is -3.21. The zero-order valence-corrected chi connectivity index (χ0v) is 9.95. The molecule has 15 heavy (non-hydrogen) atoms. The molecule has 5 heteroatoms. The smallest absolute Gasteiger partial charge is 0.179 e. The fourth-order valence-electron chi connectivity index (χ4n) is 1.69. The second-order valence-corrected chi connectivity index (χ2v) is 6.21. The predicted octanol–water partition coefficient (Wildman–Crippen LogP) is 1.74. The Morgan fingerprint density at radius 1 is 1.33 bits per heavy atom. The Morgan fingerprint density at radius 2 is 1.93 bits per heavy atom. The van der Waals surface area contributed by atoms with Crippen molar-refractivity contribution >= 4 is 21.4 Å². The Balaban J connectivity index is 2.60. The van der Waals surface area contributed by atoms with Crippen molar-refractivity contribution < 1.29 is 8.42 Å². The average molecular weight is 246 g/mol. The molecule has 0 aliphatic carbocycles. The lowest BCUT2D eigenvalue weighted by atomic mass is 10.1. The van der Waals surface area contributed by atoms with Gasteiger partial charge in [0.25, 0.3) is 0 Å². The predicted molar refractivity (Wildman–Crippen MR) is 59.7 cm³/mol. The summed E-state index contributed by atoms with van der Waals surface area (Å²) in [7, 11) is -3.21. The van der Waals surface area contributed by atoms with E-state index in [0.29, 0.717) is 5.02 Å². The van der Waals surface area contributed by atoms with Crippen molar-refractivity contribution in [3.05, 3.63) is 28.3 Å². The van der Waals surface area contributed by atoms with Crippen molar-refractivity contribution in [1.82, 2.24) is 5.32 Å². The first-order valence-electron chi connectivity index (χ1n) is 4.79. The topological polar surface area (TPSA) is 46.2 Å². The highest BCUT2D eigenvalue weighted by Gasteiger charge is 2.20. The van der Waals surface area contributed by atoms with Gasteiger partial charge in [0.05, 0.1) is 15.7 Å². The van der Waals surface area contributed by atoms with E-state index in [2.05, 4.69) is 5.32 Å². The van der Waals surface area contributed by atoms with Gasteiger partial charge in [0.2, 0.25) is 0 Å². The highest BCUT2D eigenvalue weighted by atomic mass is 35.5. The first kappa shape index (κ1) is 10.9. The van der Waals surface area contributed by atoms with Crippen LogP contribution >= 0.6 is 11.6 Å². The summed E-state index contributed by atoms with van der Waals surface area (Å²) in [6, 6.07) is 3.44. The second kappa shape index (κ2) is 3.77. The number of nitrogens with one attached hydrogen (secondary N) is 1. The first-order chi connectivity index (χ1) is 7.04. The van der Waals surface area contributed by atoms with Gasteiger partial charge in [-0.15, -0.1) is 0 Å². The van der Waals surface area contributed by atoms with Crippen LogP contribution in [0.4, 0.5) is 0 Å². The molecule has 2 rings (SSSR count). The fourth-order valence-corrected chi connectivity index (χ4v) is 3.22. The molecule has 3 nitrogen and oxygen atoms in total. The third-order valence-corrected chi connectivity index (χ3v) is 4.79. The van der Waals surface area contributed by atoms with Crippen LogP contribution in [0.2, 0.25) is 5.02 Å². The number of fused-ring (bicyclic) bond motifs is 1. The molecule has 1 N–H and O–H groups in total. The molecule has 0 atom stereocenters. The lowest BCUT2D eigenvalue weighted by Gasteiger charge is -2.06. The van der Waals surface area contributed by atoms with Gasteiger partial charge in [-0.1, -0.05) is 18.5 Å². The van der Waals surface area contributed by atoms with Crippen LogP contribution in [0.5, 0.6) is 0 Å². The maximum atomic E-state index is 11.7. The van der Waals surface area contributed by atoms with E-state index in [-0.39, 0.29) is 10.6 Å². The number of hydrogen-bond acceptors (Lipinski definition) is 3. The highest BCUT2D eigenvalue weighted by molar-refractivity contribution is 7.91. The van der Waals surface area contributed by atoms with Gasteiger partial charge in [0.1, 0.15) is 0 Å². The van der Waals surface area contributed by atoms with Crippen LogP contribution in [0, 0.1) is 0 Å². The summed E-state index contributed by atoms with van der Waals surface area (Å²) in [6.07, 6.45) is 0. The maximum Gasteiger partial charge on any atom is 0.179 e. The summed E-state index contributed by atoms with van der Waals surface area (Å²) in [6.45, 7) is 3.11. The van der Waals surface area contributed by atoms with Crippen LogP contribution in [0.25, 0.3) is 0 Å². The SMILES string of the molecule is CCS(=O)(=O)c1cc2c(cc1Cl)CNC2. The number of benzene rings is 1. The van der Waals surface area contributed by atoms with Gasteiger partial charge in [-0.2, -0.15) is 0 Å². The van der Waals surface area contributed by atoms with Gasteiger partial charge in [-0.05, 0) is 23.3 Å². The van der Waals surface area contributed by atoms with Crippen molar-refractivity contribution in [3.63, 3.8) is 0 Å². The molecule has 0 spiro atoms. The molecule has 0 unspecified atom stereocenters. The number of hydrogen-bond donors (Lipinski definition) is 1. The van der Waals surface area contributed by atoms with Crippen molar-refractivity contribution in [3.8, 4) is 0 Å². The van der Waals surface area contributed by atoms with E-state index in [1.807, 2.05) is 0 Å². The fraction of sp³-hybridized carbons (Fsp3) is 0.400. The lowest BCUT2D eigenvalue weighted by molar-refractivity contribution is 0.597. The normalized spacial score (nSPS) is 15.3. The minimum Gasteiger partial charge on any atom is -0.309 e. The third-order valence-electron chi connectivity index (χ3n) is 2.60. The Bertz CT molecular complexity index is 496. The summed E-state index contributed by atoms with van der Waals surface area (Å²) in [4.78, 5) is 0.258. The summed E-state index contributed by atoms with van der Waals surface area (Å²) in [5.74, 6) is 0.0823. The van der Waals surface area contributed by atoms with Crippen LogP contribution in [-0.2, 0) is 22.9 Å². The molecule has 0 amide bonds. The maximum absolute atomic E-state index is 11.7. The molecule has 0 radical (unpaired) electrons. The molecular formula is C10H12ClNO2S. The minimum absolute atomic E-state index is 0.0823. The zero-order chi connectivity index (χ0) is 11.1. The van der Waals surface area contributed by atoms with Crippen LogP contribution in [0.1, 0.15) is 18.1 Å². The van der Waals surface area contributed by atoms with E-state index >= 15 is 0 Å². The molecule has 1 heterocycles. The summed E-state index contributed by atoms with van der Waals surface area (Å²) >= 11 is 5.96. The molecular weight excluding hydrogens is 234 g/mol. The monoisotopic (exact) mass is 245 g/mol. The summed E-state index contributed by atoms with van der Waals surface area (Å²) in [5, 5.41) is 3.49. The van der Waals surface area contributed by atoms with Crippen LogP contribution in [0.3, 0.4) is 0 Å². The van der Waals surface area contributed by atoms with E-state index in [4.69, 9.17) is 11.6 Å². The average Bonchev–Trinajstić information content (AvgIpc) is 2.63. The van der Waals surface area contributed by atoms with Crippen LogP contribution < -0.4 is 5.32 Å². The largest absolute Gasteiger partial charge is 0.309 e. The van der Waals surface area contributed by atoms with Crippen LogP contribution in [-0.4, -0.2) is 14.2 Å². The Kier molecular flexibility index (Phi) is 2.75. The molecule has 0 aromatic heterocycles. The molecule has 1 aromatic rings. The van der Waals surface area contributed by atoms with Gasteiger partial charge < -0.3 is 5.32 Å². The quantitative estimate of drug-likeness (QED) is 0.863. The van der Waals surface area contributed by atoms with Crippen molar-refractivity contribution in [2.24, 2.45) is 0 Å². The molecule has 0 fully saturated rings. The Hall–Kier alpha value is -0.580. The van der Waals surface area contributed by atoms with Gasteiger partial charge in [0.15, 0.2) is 9.84 Å². The first-order valence-corrected chi connectivity index (χ1v) is 6.82. The van der Waals surface area contributed by atoms with E-state index < -0.39 is 9.84 Å². The number of sulfone groups is 1. The van der Waals surface area contributed by atoms with E-state index in [1.54, 1.807) is 19.1 Å². The summed E-state index contributed by atoms with van der Waals surface area (Å²) in [5.41, 5.74) is 2.13. The Morgan fingerprint density at radius 3 is 2.53 bits per heavy atom. The standard InChI is InChI=1S/C10H12ClNO2S/c1-2-15(13,14)10-4-8-6-12-5-7(8)3-9(10)11/h3-4,12H,2,5-6H2,1H3. The summed E-state index contributed by atoms with van der Waals surface area (Å²) < 4.78 is 23.4. The van der Waals surface area contributed by atoms with Crippen molar-refractivity contribution in [2.45, 2.75) is 24.9 Å². The lowest BCUT2D eigenvalue weighted by Crippen LogP contribution is -2.05.